The number of carbonyl (C=O) groups is 1. The maximum Gasteiger partial charge on any atom is 0.242 e. The van der Waals surface area contributed by atoms with E-state index in [4.69, 9.17) is 5.73 Å². The number of H-pyrrole nitrogens is 1. The predicted molar refractivity (Wildman–Crippen MR) is 68.7 cm³/mol. The SMILES string of the molecule is CC(C)CC(N)C(=O)Nc1cc(C(C)C)[nH]n1. The average molecular weight is 238 g/mol. The van der Waals surface area contributed by atoms with Crippen molar-refractivity contribution in [1.82, 2.24) is 10.2 Å². The highest BCUT2D eigenvalue weighted by Crippen LogP contribution is 2.15. The predicted octanol–water partition coefficient (Wildman–Crippen LogP) is 1.84. The molecule has 0 aromatic carbocycles. The standard InChI is InChI=1S/C12H22N4O/c1-7(2)5-9(13)12(17)14-11-6-10(8(3)4)15-16-11/h6-9H,5,13H2,1-4H3,(H2,14,15,16,17). The van der Waals surface area contributed by atoms with Gasteiger partial charge in [-0.05, 0) is 18.3 Å². The molecule has 5 nitrogen and oxygen atoms in total. The minimum atomic E-state index is -0.478. The summed E-state index contributed by atoms with van der Waals surface area (Å²) in [5, 5.41) is 9.63. The van der Waals surface area contributed by atoms with Crippen molar-refractivity contribution in [2.45, 2.75) is 46.1 Å². The summed E-state index contributed by atoms with van der Waals surface area (Å²) < 4.78 is 0. The molecule has 0 spiro atoms. The second kappa shape index (κ2) is 5.82. The molecule has 0 aliphatic rings. The molecule has 0 saturated carbocycles. The van der Waals surface area contributed by atoms with Gasteiger partial charge in [-0.3, -0.25) is 9.89 Å². The van der Waals surface area contributed by atoms with Crippen LogP contribution in [0.4, 0.5) is 5.82 Å². The molecule has 0 fully saturated rings. The maximum absolute atomic E-state index is 11.7. The third kappa shape index (κ3) is 4.19. The number of amides is 1. The number of carbonyl (C=O) groups excluding carboxylic acids is 1. The minimum absolute atomic E-state index is 0.180. The van der Waals surface area contributed by atoms with Crippen molar-refractivity contribution in [3.63, 3.8) is 0 Å². The smallest absolute Gasteiger partial charge is 0.242 e. The van der Waals surface area contributed by atoms with Gasteiger partial charge in [0.15, 0.2) is 5.82 Å². The van der Waals surface area contributed by atoms with E-state index in [0.29, 0.717) is 24.1 Å². The Labute approximate surface area is 102 Å². The number of nitrogens with zero attached hydrogens (tertiary/aromatic N) is 1. The molecule has 1 aromatic rings. The summed E-state index contributed by atoms with van der Waals surface area (Å²) in [4.78, 5) is 11.7. The zero-order valence-corrected chi connectivity index (χ0v) is 10.9. The van der Waals surface area contributed by atoms with Crippen LogP contribution in [0, 0.1) is 5.92 Å². The normalized spacial score (nSPS) is 13.1. The number of nitrogens with two attached hydrogens (primary N) is 1. The molecular formula is C12H22N4O. The lowest BCUT2D eigenvalue weighted by Crippen LogP contribution is -2.36. The minimum Gasteiger partial charge on any atom is -0.320 e. The Kier molecular flexibility index (Phi) is 4.69. The van der Waals surface area contributed by atoms with Gasteiger partial charge in [0.1, 0.15) is 0 Å². The van der Waals surface area contributed by atoms with Crippen molar-refractivity contribution in [3.05, 3.63) is 11.8 Å². The van der Waals surface area contributed by atoms with E-state index in [2.05, 4.69) is 29.4 Å². The molecule has 0 bridgehead atoms. The second-order valence-corrected chi connectivity index (χ2v) is 5.09. The molecule has 5 heteroatoms. The molecule has 1 amide bonds. The molecule has 0 aliphatic heterocycles. The molecule has 0 saturated heterocycles. The number of hydrogen-bond acceptors (Lipinski definition) is 3. The maximum atomic E-state index is 11.7. The van der Waals surface area contributed by atoms with Crippen LogP contribution in [0.25, 0.3) is 0 Å². The van der Waals surface area contributed by atoms with Crippen molar-refractivity contribution >= 4 is 11.7 Å². The zero-order chi connectivity index (χ0) is 13.0. The fourth-order valence-corrected chi connectivity index (χ4v) is 1.53. The third-order valence-corrected chi connectivity index (χ3v) is 2.53. The summed E-state index contributed by atoms with van der Waals surface area (Å²) >= 11 is 0. The van der Waals surface area contributed by atoms with Gasteiger partial charge < -0.3 is 11.1 Å². The molecule has 17 heavy (non-hydrogen) atoms. The fraction of sp³-hybridized carbons (Fsp3) is 0.667. The Morgan fingerprint density at radius 3 is 2.59 bits per heavy atom. The first-order valence-electron chi connectivity index (χ1n) is 6.02. The molecule has 4 N–H and O–H groups in total. The van der Waals surface area contributed by atoms with Gasteiger partial charge in [-0.1, -0.05) is 27.7 Å². The van der Waals surface area contributed by atoms with E-state index in [0.717, 1.165) is 5.69 Å². The van der Waals surface area contributed by atoms with E-state index >= 15 is 0 Å². The van der Waals surface area contributed by atoms with E-state index in [1.165, 1.54) is 0 Å². The number of anilines is 1. The number of rotatable bonds is 5. The molecule has 0 radical (unpaired) electrons. The monoisotopic (exact) mass is 238 g/mol. The topological polar surface area (TPSA) is 83.8 Å². The molecule has 1 atom stereocenters. The average Bonchev–Trinajstić information content (AvgIpc) is 2.65. The molecule has 1 aromatic heterocycles. The van der Waals surface area contributed by atoms with Gasteiger partial charge in [0.2, 0.25) is 5.91 Å². The van der Waals surface area contributed by atoms with Crippen LogP contribution in [0.1, 0.15) is 45.7 Å². The quantitative estimate of drug-likeness (QED) is 0.732. The lowest BCUT2D eigenvalue weighted by Gasteiger charge is -2.12. The molecule has 0 aliphatic carbocycles. The first-order chi connectivity index (χ1) is 7.90. The van der Waals surface area contributed by atoms with E-state index < -0.39 is 6.04 Å². The van der Waals surface area contributed by atoms with E-state index in [1.54, 1.807) is 0 Å². The highest BCUT2D eigenvalue weighted by molar-refractivity contribution is 5.93. The summed E-state index contributed by atoms with van der Waals surface area (Å²) in [6, 6.07) is 1.36. The summed E-state index contributed by atoms with van der Waals surface area (Å²) in [6.45, 7) is 8.20. The van der Waals surface area contributed by atoms with Crippen molar-refractivity contribution in [1.29, 1.82) is 0 Å². The number of nitrogens with one attached hydrogen (secondary N) is 2. The highest BCUT2D eigenvalue weighted by Gasteiger charge is 2.16. The number of aromatic amines is 1. The Balaban J connectivity index is 2.55. The Bertz CT molecular complexity index is 370. The second-order valence-electron chi connectivity index (χ2n) is 5.09. The van der Waals surface area contributed by atoms with Crippen LogP contribution in [-0.2, 0) is 4.79 Å². The number of hydrogen-bond donors (Lipinski definition) is 3. The lowest BCUT2D eigenvalue weighted by molar-refractivity contribution is -0.117. The lowest BCUT2D eigenvalue weighted by atomic mass is 10.0. The molecular weight excluding hydrogens is 216 g/mol. The molecule has 1 rings (SSSR count). The van der Waals surface area contributed by atoms with Crippen molar-refractivity contribution < 1.29 is 4.79 Å². The first-order valence-corrected chi connectivity index (χ1v) is 6.02. The Hall–Kier alpha value is -1.36. The van der Waals surface area contributed by atoms with E-state index in [9.17, 15) is 4.79 Å². The third-order valence-electron chi connectivity index (χ3n) is 2.53. The summed E-state index contributed by atoms with van der Waals surface area (Å²) in [5.74, 6) is 1.12. The Morgan fingerprint density at radius 1 is 1.47 bits per heavy atom. The zero-order valence-electron chi connectivity index (χ0n) is 10.9. The van der Waals surface area contributed by atoms with Crippen LogP contribution in [0.5, 0.6) is 0 Å². The van der Waals surface area contributed by atoms with Crippen LogP contribution in [0.3, 0.4) is 0 Å². The van der Waals surface area contributed by atoms with Crippen LogP contribution >= 0.6 is 0 Å². The van der Waals surface area contributed by atoms with Gasteiger partial charge in [0.25, 0.3) is 0 Å². The van der Waals surface area contributed by atoms with Crippen molar-refractivity contribution in [2.24, 2.45) is 11.7 Å². The van der Waals surface area contributed by atoms with Gasteiger partial charge in [-0.2, -0.15) is 5.10 Å². The van der Waals surface area contributed by atoms with E-state index in [-0.39, 0.29) is 5.91 Å². The number of aromatic nitrogens is 2. The molecule has 1 unspecified atom stereocenters. The fourth-order valence-electron chi connectivity index (χ4n) is 1.53. The van der Waals surface area contributed by atoms with E-state index in [1.807, 2.05) is 19.9 Å². The largest absolute Gasteiger partial charge is 0.320 e. The van der Waals surface area contributed by atoms with Gasteiger partial charge >= 0.3 is 0 Å². The van der Waals surface area contributed by atoms with Crippen molar-refractivity contribution in [3.8, 4) is 0 Å². The van der Waals surface area contributed by atoms with Crippen LogP contribution in [-0.4, -0.2) is 22.1 Å². The first kappa shape index (κ1) is 13.7. The Morgan fingerprint density at radius 2 is 2.12 bits per heavy atom. The van der Waals surface area contributed by atoms with Gasteiger partial charge in [-0.15, -0.1) is 0 Å². The van der Waals surface area contributed by atoms with Gasteiger partial charge in [0, 0.05) is 11.8 Å². The summed E-state index contributed by atoms with van der Waals surface area (Å²) in [6.07, 6.45) is 0.674. The van der Waals surface area contributed by atoms with Gasteiger partial charge in [0.05, 0.1) is 6.04 Å². The van der Waals surface area contributed by atoms with Crippen LogP contribution in [0.2, 0.25) is 0 Å². The van der Waals surface area contributed by atoms with Crippen LogP contribution < -0.4 is 11.1 Å². The summed E-state index contributed by atoms with van der Waals surface area (Å²) in [7, 11) is 0. The molecule has 96 valence electrons. The van der Waals surface area contributed by atoms with Gasteiger partial charge in [-0.25, -0.2) is 0 Å². The van der Waals surface area contributed by atoms with Crippen LogP contribution in [0.15, 0.2) is 6.07 Å². The summed E-state index contributed by atoms with van der Waals surface area (Å²) in [5.41, 5.74) is 6.78. The van der Waals surface area contributed by atoms with Crippen molar-refractivity contribution in [2.75, 3.05) is 5.32 Å². The molecule has 1 heterocycles. The highest BCUT2D eigenvalue weighted by atomic mass is 16.2.